The fourth-order valence-corrected chi connectivity index (χ4v) is 7.98. The SMILES string of the molecule is O=C1[C@@H]2[C@@H](CC(COc3ccccc3)=C3[C@@H](CC/C(=C/c4cc(Br)ccc4O)c4ccccn4)OB(O)C[C@@H]32)C(=O)N1c1cccc(B(O)O)c1. The first kappa shape index (κ1) is 34.9. The summed E-state index contributed by atoms with van der Waals surface area (Å²) in [7, 11) is -2.95. The van der Waals surface area contributed by atoms with Crippen LogP contribution >= 0.6 is 15.9 Å². The van der Waals surface area contributed by atoms with Gasteiger partial charge in [0.15, 0.2) is 0 Å². The second-order valence-corrected chi connectivity index (χ2v) is 13.9. The number of ether oxygens (including phenoxy) is 1. The van der Waals surface area contributed by atoms with E-state index in [9.17, 15) is 29.8 Å². The number of halogens is 1. The molecule has 0 spiro atoms. The summed E-state index contributed by atoms with van der Waals surface area (Å²) in [6, 6.07) is 26.3. The second kappa shape index (κ2) is 15.0. The maximum absolute atomic E-state index is 14.3. The Morgan fingerprint density at radius 3 is 2.57 bits per heavy atom. The smallest absolute Gasteiger partial charge is 0.488 e. The van der Waals surface area contributed by atoms with E-state index in [4.69, 9.17) is 9.39 Å². The molecule has 2 saturated heterocycles. The molecule has 3 aromatic carbocycles. The third-order valence-electron chi connectivity index (χ3n) is 9.88. The van der Waals surface area contributed by atoms with E-state index in [1.165, 1.54) is 12.1 Å². The molecule has 51 heavy (non-hydrogen) atoms. The Kier molecular flexibility index (Phi) is 10.3. The monoisotopic (exact) mass is 748 g/mol. The lowest BCUT2D eigenvalue weighted by Gasteiger charge is -2.43. The number of para-hydroxylation sites is 1. The van der Waals surface area contributed by atoms with Crippen molar-refractivity contribution >= 4 is 64.8 Å². The maximum Gasteiger partial charge on any atom is 0.488 e. The minimum atomic E-state index is -1.76. The fourth-order valence-electron chi connectivity index (χ4n) is 7.60. The number of carbonyl (C=O) groups is 2. The van der Waals surface area contributed by atoms with Gasteiger partial charge in [0.1, 0.15) is 18.1 Å². The van der Waals surface area contributed by atoms with Crippen LogP contribution in [0.1, 0.15) is 30.5 Å². The van der Waals surface area contributed by atoms with Crippen LogP contribution in [0.2, 0.25) is 6.32 Å². The number of aromatic nitrogens is 1. The number of imide groups is 1. The minimum Gasteiger partial charge on any atom is -0.507 e. The third-order valence-corrected chi connectivity index (χ3v) is 10.4. The van der Waals surface area contributed by atoms with Crippen LogP contribution in [-0.4, -0.2) is 63.9 Å². The van der Waals surface area contributed by atoms with Crippen molar-refractivity contribution in [3.05, 3.63) is 124 Å². The molecule has 4 atom stereocenters. The summed E-state index contributed by atoms with van der Waals surface area (Å²) in [5.74, 6) is -1.95. The van der Waals surface area contributed by atoms with E-state index in [-0.39, 0.29) is 42.2 Å². The Bertz CT molecular complexity index is 1990. The Morgan fingerprint density at radius 1 is 1.00 bits per heavy atom. The zero-order chi connectivity index (χ0) is 35.6. The number of aromatic hydroxyl groups is 1. The van der Waals surface area contributed by atoms with Crippen LogP contribution < -0.4 is 15.1 Å². The molecular weight excluding hydrogens is 714 g/mol. The van der Waals surface area contributed by atoms with Gasteiger partial charge in [-0.2, -0.15) is 0 Å². The molecule has 2 amide bonds. The maximum atomic E-state index is 14.3. The number of carbonyl (C=O) groups excluding carboxylic acids is 2. The molecule has 3 heterocycles. The number of rotatable bonds is 10. The molecule has 0 saturated carbocycles. The van der Waals surface area contributed by atoms with E-state index in [0.717, 1.165) is 31.8 Å². The topological polar surface area (TPSA) is 150 Å². The average Bonchev–Trinajstić information content (AvgIpc) is 3.39. The number of phenolic OH excluding ortho intramolecular Hbond substituents is 1. The zero-order valence-corrected chi connectivity index (χ0v) is 29.1. The summed E-state index contributed by atoms with van der Waals surface area (Å²) in [6.07, 6.45) is 4.23. The predicted octanol–water partition coefficient (Wildman–Crippen LogP) is 4.63. The fraction of sp³-hybridized carbons (Fsp3) is 0.237. The van der Waals surface area contributed by atoms with Gasteiger partial charge in [-0.15, -0.1) is 0 Å². The first-order valence-electron chi connectivity index (χ1n) is 16.9. The predicted molar refractivity (Wildman–Crippen MR) is 198 cm³/mol. The molecule has 0 bridgehead atoms. The number of nitrogens with zero attached hydrogens (tertiary/aromatic N) is 2. The van der Waals surface area contributed by atoms with Crippen molar-refractivity contribution in [3.63, 3.8) is 0 Å². The van der Waals surface area contributed by atoms with E-state index < -0.39 is 44.0 Å². The molecule has 258 valence electrons. The van der Waals surface area contributed by atoms with Gasteiger partial charge in [0.25, 0.3) is 0 Å². The standard InChI is InChI=1S/C38H35B2BrN2O8/c41-27-13-14-33(44)24(18-27)17-23(32-11-4-5-16-42-32)12-15-34-35-25(22-50-29-9-2-1-3-10-29)19-30-36(31(35)21-39(47)51-34)38(46)43(37(30)45)28-8-6-7-26(20-28)40(48)49/h1-11,13-14,16-18,20,30-31,34,36,44,47-49H,12,15,19,21-22H2/b23-17-/t30-,31+,34-,36-/m1/s1. The first-order valence-corrected chi connectivity index (χ1v) is 17.6. The van der Waals surface area contributed by atoms with Crippen LogP contribution in [0.15, 0.2) is 113 Å². The number of amides is 2. The van der Waals surface area contributed by atoms with Crippen LogP contribution in [0.4, 0.5) is 5.69 Å². The molecule has 4 aromatic rings. The van der Waals surface area contributed by atoms with Gasteiger partial charge < -0.3 is 29.6 Å². The first-order chi connectivity index (χ1) is 24.7. The van der Waals surface area contributed by atoms with Crippen molar-refractivity contribution in [3.8, 4) is 11.5 Å². The Balaban J connectivity index is 1.25. The molecule has 3 aliphatic rings. The van der Waals surface area contributed by atoms with E-state index in [1.807, 2.05) is 60.7 Å². The lowest BCUT2D eigenvalue weighted by atomic mass is 9.58. The van der Waals surface area contributed by atoms with Gasteiger partial charge in [0.2, 0.25) is 11.8 Å². The quantitative estimate of drug-likeness (QED) is 0.104. The number of hydrogen-bond donors (Lipinski definition) is 4. The third kappa shape index (κ3) is 7.31. The molecule has 4 N–H and O–H groups in total. The van der Waals surface area contributed by atoms with Gasteiger partial charge in [-0.25, -0.2) is 0 Å². The number of pyridine rings is 1. The molecule has 13 heteroatoms. The number of hydrogen-bond acceptors (Lipinski definition) is 9. The Labute approximate surface area is 304 Å². The summed E-state index contributed by atoms with van der Waals surface area (Å²) in [5.41, 5.74) is 4.29. The van der Waals surface area contributed by atoms with E-state index in [1.54, 1.807) is 30.5 Å². The molecule has 0 unspecified atom stereocenters. The molecule has 1 aliphatic carbocycles. The van der Waals surface area contributed by atoms with Crippen molar-refractivity contribution in [2.75, 3.05) is 11.5 Å². The number of benzene rings is 3. The van der Waals surface area contributed by atoms with Crippen molar-refractivity contribution in [1.82, 2.24) is 4.98 Å². The molecule has 7 rings (SSSR count). The molecule has 10 nitrogen and oxygen atoms in total. The molecule has 1 aromatic heterocycles. The number of anilines is 1. The number of phenols is 1. The lowest BCUT2D eigenvalue weighted by molar-refractivity contribution is -0.122. The summed E-state index contributed by atoms with van der Waals surface area (Å²) < 4.78 is 13.3. The van der Waals surface area contributed by atoms with Crippen molar-refractivity contribution < 1.29 is 39.2 Å². The van der Waals surface area contributed by atoms with Crippen LogP contribution in [0.5, 0.6) is 11.5 Å². The van der Waals surface area contributed by atoms with E-state index in [2.05, 4.69) is 20.9 Å². The summed E-state index contributed by atoms with van der Waals surface area (Å²) in [5, 5.41) is 41.4. The highest BCUT2D eigenvalue weighted by atomic mass is 79.9. The number of allylic oxidation sites excluding steroid dienone is 1. The summed E-state index contributed by atoms with van der Waals surface area (Å²) in [4.78, 5) is 34.0. The number of fused-ring (bicyclic) bond motifs is 3. The highest BCUT2D eigenvalue weighted by Crippen LogP contribution is 2.51. The van der Waals surface area contributed by atoms with Crippen molar-refractivity contribution in [1.29, 1.82) is 0 Å². The van der Waals surface area contributed by atoms with E-state index in [0.29, 0.717) is 24.2 Å². The summed E-state index contributed by atoms with van der Waals surface area (Å²) in [6.45, 7) is 0.164. The van der Waals surface area contributed by atoms with Gasteiger partial charge in [-0.1, -0.05) is 52.3 Å². The van der Waals surface area contributed by atoms with Gasteiger partial charge >= 0.3 is 14.2 Å². The highest BCUT2D eigenvalue weighted by Gasteiger charge is 2.57. The van der Waals surface area contributed by atoms with Crippen LogP contribution in [0.25, 0.3) is 11.6 Å². The van der Waals surface area contributed by atoms with Crippen LogP contribution in [0, 0.1) is 17.8 Å². The Hall–Kier alpha value is -4.52. The van der Waals surface area contributed by atoms with Gasteiger partial charge in [-0.05, 0) is 114 Å². The van der Waals surface area contributed by atoms with Gasteiger partial charge in [-0.3, -0.25) is 19.5 Å². The minimum absolute atomic E-state index is 0.116. The van der Waals surface area contributed by atoms with E-state index >= 15 is 0 Å². The summed E-state index contributed by atoms with van der Waals surface area (Å²) >= 11 is 3.49. The normalized spacial score (nSPS) is 21.8. The Morgan fingerprint density at radius 2 is 1.80 bits per heavy atom. The van der Waals surface area contributed by atoms with Crippen molar-refractivity contribution in [2.24, 2.45) is 17.8 Å². The average molecular weight is 749 g/mol. The largest absolute Gasteiger partial charge is 0.507 e. The second-order valence-electron chi connectivity index (χ2n) is 13.0. The highest BCUT2D eigenvalue weighted by molar-refractivity contribution is 9.10. The molecule has 2 aliphatic heterocycles. The van der Waals surface area contributed by atoms with Crippen LogP contribution in [-0.2, 0) is 14.2 Å². The lowest BCUT2D eigenvalue weighted by Crippen LogP contribution is -2.46. The van der Waals surface area contributed by atoms with Gasteiger partial charge in [0.05, 0.1) is 29.3 Å². The van der Waals surface area contributed by atoms with Crippen molar-refractivity contribution in [2.45, 2.75) is 31.7 Å². The molecule has 2 fully saturated rings. The molecule has 0 radical (unpaired) electrons. The molecular formula is C38H35B2BrN2O8. The van der Waals surface area contributed by atoms with Gasteiger partial charge in [0, 0.05) is 16.2 Å². The zero-order valence-electron chi connectivity index (χ0n) is 27.5. The van der Waals surface area contributed by atoms with Crippen LogP contribution in [0.3, 0.4) is 0 Å².